The van der Waals surface area contributed by atoms with Crippen LogP contribution in [-0.2, 0) is 23.1 Å². The van der Waals surface area contributed by atoms with E-state index in [1.807, 2.05) is 74.5 Å². The molecule has 0 aliphatic heterocycles. The van der Waals surface area contributed by atoms with Crippen LogP contribution in [0.4, 0.5) is 11.4 Å². The minimum Gasteiger partial charge on any atom is -0.326 e. The standard InChI is InChI=1S/C25H25N5O2S/c1-16-11-12-19(13-17(16)2)26-23(31)14-22-28-29-25(30(22)3)33-15-24(32)27-21-10-6-8-18-7-4-5-9-20(18)21/h4-13H,14-15H2,1-3H3,(H,26,31)(H,27,32). The van der Waals surface area contributed by atoms with Crippen molar-refractivity contribution < 1.29 is 9.59 Å². The number of thioether (sulfide) groups is 1. The van der Waals surface area contributed by atoms with Crippen LogP contribution in [0.25, 0.3) is 10.8 Å². The maximum absolute atomic E-state index is 12.5. The normalized spacial score (nSPS) is 10.9. The highest BCUT2D eigenvalue weighted by Crippen LogP contribution is 2.24. The van der Waals surface area contributed by atoms with Crippen molar-refractivity contribution in [2.45, 2.75) is 25.4 Å². The van der Waals surface area contributed by atoms with E-state index in [9.17, 15) is 9.59 Å². The molecule has 4 rings (SSSR count). The summed E-state index contributed by atoms with van der Waals surface area (Å²) in [6.07, 6.45) is 0.0964. The number of amides is 2. The molecule has 4 aromatic rings. The second kappa shape index (κ2) is 9.87. The first kappa shape index (κ1) is 22.5. The molecule has 2 amide bonds. The monoisotopic (exact) mass is 459 g/mol. The molecule has 0 aliphatic rings. The van der Waals surface area contributed by atoms with E-state index in [1.165, 1.54) is 17.3 Å². The van der Waals surface area contributed by atoms with Gasteiger partial charge in [0.25, 0.3) is 0 Å². The number of carbonyl (C=O) groups excluding carboxylic acids is 2. The van der Waals surface area contributed by atoms with Crippen LogP contribution >= 0.6 is 11.8 Å². The van der Waals surface area contributed by atoms with Crippen molar-refractivity contribution in [3.63, 3.8) is 0 Å². The molecule has 0 saturated carbocycles. The van der Waals surface area contributed by atoms with Crippen molar-refractivity contribution in [3.8, 4) is 0 Å². The Bertz CT molecular complexity index is 1330. The molecule has 1 aromatic heterocycles. The van der Waals surface area contributed by atoms with Crippen molar-refractivity contribution in [2.24, 2.45) is 7.05 Å². The summed E-state index contributed by atoms with van der Waals surface area (Å²) >= 11 is 1.28. The van der Waals surface area contributed by atoms with Gasteiger partial charge in [0.15, 0.2) is 5.16 Å². The minimum absolute atomic E-state index is 0.0964. The van der Waals surface area contributed by atoms with Gasteiger partial charge < -0.3 is 15.2 Å². The van der Waals surface area contributed by atoms with Crippen LogP contribution in [0.1, 0.15) is 17.0 Å². The SMILES string of the molecule is Cc1ccc(NC(=O)Cc2nnc(SCC(=O)Nc3cccc4ccccc34)n2C)cc1C. The van der Waals surface area contributed by atoms with Crippen LogP contribution in [0.15, 0.2) is 65.8 Å². The summed E-state index contributed by atoms with van der Waals surface area (Å²) in [6, 6.07) is 19.5. The lowest BCUT2D eigenvalue weighted by Crippen LogP contribution is -2.17. The van der Waals surface area contributed by atoms with Gasteiger partial charge in [-0.1, -0.05) is 54.2 Å². The van der Waals surface area contributed by atoms with Crippen LogP contribution in [0.5, 0.6) is 0 Å². The van der Waals surface area contributed by atoms with Gasteiger partial charge in [-0.2, -0.15) is 0 Å². The molecule has 1 heterocycles. The van der Waals surface area contributed by atoms with Crippen molar-refractivity contribution in [2.75, 3.05) is 16.4 Å². The lowest BCUT2D eigenvalue weighted by atomic mass is 10.1. The number of nitrogens with one attached hydrogen (secondary N) is 2. The number of aryl methyl sites for hydroxylation is 2. The number of hydrogen-bond acceptors (Lipinski definition) is 5. The molecule has 7 nitrogen and oxygen atoms in total. The molecule has 0 unspecified atom stereocenters. The number of rotatable bonds is 7. The van der Waals surface area contributed by atoms with E-state index in [1.54, 1.807) is 11.6 Å². The molecule has 0 atom stereocenters. The van der Waals surface area contributed by atoms with E-state index in [-0.39, 0.29) is 24.0 Å². The summed E-state index contributed by atoms with van der Waals surface area (Å²) in [6.45, 7) is 4.04. The molecule has 0 spiro atoms. The quantitative estimate of drug-likeness (QED) is 0.397. The largest absolute Gasteiger partial charge is 0.326 e. The average molecular weight is 460 g/mol. The second-order valence-electron chi connectivity index (χ2n) is 7.85. The predicted octanol–water partition coefficient (Wildman–Crippen LogP) is 4.50. The Morgan fingerprint density at radius 3 is 2.52 bits per heavy atom. The highest BCUT2D eigenvalue weighted by Gasteiger charge is 2.15. The molecule has 8 heteroatoms. The number of aromatic nitrogens is 3. The zero-order valence-electron chi connectivity index (χ0n) is 18.8. The van der Waals surface area contributed by atoms with Gasteiger partial charge in [-0.3, -0.25) is 9.59 Å². The van der Waals surface area contributed by atoms with E-state index in [2.05, 4.69) is 20.8 Å². The summed E-state index contributed by atoms with van der Waals surface area (Å²) in [4.78, 5) is 25.0. The highest BCUT2D eigenvalue weighted by molar-refractivity contribution is 7.99. The molecule has 168 valence electrons. The zero-order chi connectivity index (χ0) is 23.4. The lowest BCUT2D eigenvalue weighted by molar-refractivity contribution is -0.116. The zero-order valence-corrected chi connectivity index (χ0v) is 19.6. The fourth-order valence-electron chi connectivity index (χ4n) is 3.44. The van der Waals surface area contributed by atoms with Gasteiger partial charge >= 0.3 is 0 Å². The van der Waals surface area contributed by atoms with Gasteiger partial charge in [-0.25, -0.2) is 0 Å². The van der Waals surface area contributed by atoms with Crippen LogP contribution < -0.4 is 10.6 Å². The number of fused-ring (bicyclic) bond motifs is 1. The summed E-state index contributed by atoms with van der Waals surface area (Å²) in [7, 11) is 1.80. The van der Waals surface area contributed by atoms with Gasteiger partial charge in [0.1, 0.15) is 5.82 Å². The predicted molar refractivity (Wildman–Crippen MR) is 133 cm³/mol. The number of anilines is 2. The van der Waals surface area contributed by atoms with Crippen LogP contribution in [0.2, 0.25) is 0 Å². The molecule has 3 aromatic carbocycles. The van der Waals surface area contributed by atoms with Gasteiger partial charge in [0.05, 0.1) is 12.2 Å². The van der Waals surface area contributed by atoms with Crippen LogP contribution in [-0.4, -0.2) is 32.3 Å². The Labute approximate surface area is 196 Å². The van der Waals surface area contributed by atoms with Gasteiger partial charge in [-0.05, 0) is 48.6 Å². The van der Waals surface area contributed by atoms with E-state index in [0.717, 1.165) is 27.7 Å². The van der Waals surface area contributed by atoms with E-state index in [0.29, 0.717) is 11.0 Å². The molecule has 0 fully saturated rings. The van der Waals surface area contributed by atoms with Crippen LogP contribution in [0.3, 0.4) is 0 Å². The summed E-state index contributed by atoms with van der Waals surface area (Å²) in [5.74, 6) is 0.421. The van der Waals surface area contributed by atoms with E-state index in [4.69, 9.17) is 0 Å². The second-order valence-corrected chi connectivity index (χ2v) is 8.79. The van der Waals surface area contributed by atoms with Crippen molar-refractivity contribution in [1.82, 2.24) is 14.8 Å². The Kier molecular flexibility index (Phi) is 6.74. The molecular weight excluding hydrogens is 434 g/mol. The van der Waals surface area contributed by atoms with Crippen molar-refractivity contribution in [1.29, 1.82) is 0 Å². The Balaban J connectivity index is 1.34. The summed E-state index contributed by atoms with van der Waals surface area (Å²) < 4.78 is 1.75. The van der Waals surface area contributed by atoms with E-state index >= 15 is 0 Å². The first-order chi connectivity index (χ1) is 15.9. The first-order valence-electron chi connectivity index (χ1n) is 10.6. The smallest absolute Gasteiger partial charge is 0.234 e. The third-order valence-electron chi connectivity index (χ3n) is 5.43. The number of carbonyl (C=O) groups is 2. The molecule has 0 bridgehead atoms. The van der Waals surface area contributed by atoms with Crippen molar-refractivity contribution in [3.05, 3.63) is 77.6 Å². The summed E-state index contributed by atoms with van der Waals surface area (Å²) in [5, 5.41) is 16.8. The average Bonchev–Trinajstić information content (AvgIpc) is 3.14. The lowest BCUT2D eigenvalue weighted by Gasteiger charge is -2.09. The third kappa shape index (κ3) is 5.40. The Morgan fingerprint density at radius 2 is 1.70 bits per heavy atom. The first-order valence-corrected chi connectivity index (χ1v) is 11.5. The Morgan fingerprint density at radius 1 is 0.909 bits per heavy atom. The van der Waals surface area contributed by atoms with Gasteiger partial charge in [0.2, 0.25) is 11.8 Å². The third-order valence-corrected chi connectivity index (χ3v) is 6.45. The maximum atomic E-state index is 12.5. The molecule has 33 heavy (non-hydrogen) atoms. The number of benzene rings is 3. The minimum atomic E-state index is -0.168. The van der Waals surface area contributed by atoms with E-state index < -0.39 is 0 Å². The van der Waals surface area contributed by atoms with Gasteiger partial charge in [-0.15, -0.1) is 10.2 Å². The number of hydrogen-bond donors (Lipinski definition) is 2. The Hall–Kier alpha value is -3.65. The molecule has 0 saturated heterocycles. The highest BCUT2D eigenvalue weighted by atomic mass is 32.2. The number of nitrogens with zero attached hydrogens (tertiary/aromatic N) is 3. The summed E-state index contributed by atoms with van der Waals surface area (Å²) in [5.41, 5.74) is 3.82. The molecule has 2 N–H and O–H groups in total. The van der Waals surface area contributed by atoms with Gasteiger partial charge in [0, 0.05) is 23.8 Å². The fourth-order valence-corrected chi connectivity index (χ4v) is 4.17. The van der Waals surface area contributed by atoms with Crippen molar-refractivity contribution >= 4 is 45.7 Å². The maximum Gasteiger partial charge on any atom is 0.234 e. The molecule has 0 radical (unpaired) electrons. The molecular formula is C25H25N5O2S. The fraction of sp³-hybridized carbons (Fsp3) is 0.200. The molecule has 0 aliphatic carbocycles. The van der Waals surface area contributed by atoms with Crippen LogP contribution in [0, 0.1) is 13.8 Å². The topological polar surface area (TPSA) is 88.9 Å².